The van der Waals surface area contributed by atoms with Crippen molar-refractivity contribution >= 4 is 27.2 Å². The third-order valence-electron chi connectivity index (χ3n) is 5.55. The number of hydrogen-bond acceptors (Lipinski definition) is 6. The lowest BCUT2D eigenvalue weighted by molar-refractivity contribution is -0.118. The predicted octanol–water partition coefficient (Wildman–Crippen LogP) is 3.46. The lowest BCUT2D eigenvalue weighted by Gasteiger charge is -2.28. The Morgan fingerprint density at radius 2 is 1.70 bits per heavy atom. The van der Waals surface area contributed by atoms with Crippen LogP contribution < -0.4 is 9.62 Å². The van der Waals surface area contributed by atoms with Gasteiger partial charge in [0.15, 0.2) is 0 Å². The summed E-state index contributed by atoms with van der Waals surface area (Å²) in [5.41, 5.74) is 3.36. The molecule has 0 bridgehead atoms. The van der Waals surface area contributed by atoms with Gasteiger partial charge in [-0.3, -0.25) is 14.5 Å². The summed E-state index contributed by atoms with van der Waals surface area (Å²) in [5, 5.41) is 0. The largest absolute Gasteiger partial charge is 0.378 e. The molecule has 0 saturated carbocycles. The van der Waals surface area contributed by atoms with Crippen LogP contribution in [0.5, 0.6) is 0 Å². The van der Waals surface area contributed by atoms with Crippen molar-refractivity contribution in [2.75, 3.05) is 35.9 Å². The highest BCUT2D eigenvalue weighted by molar-refractivity contribution is 7.92. The SMILES string of the molecule is O=C(CCc1cccnc1)Cc1ccc(S(=O)(=O)Nc2ccc(N3CCOCC3)cc2)cc1. The van der Waals surface area contributed by atoms with Crippen molar-refractivity contribution in [1.82, 2.24) is 4.98 Å². The van der Waals surface area contributed by atoms with Crippen LogP contribution in [0.25, 0.3) is 0 Å². The number of benzene rings is 2. The first-order valence-electron chi connectivity index (χ1n) is 10.9. The molecule has 2 aromatic carbocycles. The van der Waals surface area contributed by atoms with Crippen molar-refractivity contribution in [1.29, 1.82) is 0 Å². The van der Waals surface area contributed by atoms with Crippen molar-refractivity contribution in [3.8, 4) is 0 Å². The Kier molecular flexibility index (Phi) is 7.36. The fraction of sp³-hybridized carbons (Fsp3) is 0.280. The predicted molar refractivity (Wildman–Crippen MR) is 128 cm³/mol. The third kappa shape index (κ3) is 6.40. The van der Waals surface area contributed by atoms with Crippen LogP contribution in [-0.2, 0) is 32.4 Å². The van der Waals surface area contributed by atoms with E-state index in [4.69, 9.17) is 4.74 Å². The number of hydrogen-bond donors (Lipinski definition) is 1. The second-order valence-electron chi connectivity index (χ2n) is 7.97. The Morgan fingerprint density at radius 3 is 2.36 bits per heavy atom. The molecule has 1 aliphatic heterocycles. The third-order valence-corrected chi connectivity index (χ3v) is 6.94. The van der Waals surface area contributed by atoms with Crippen LogP contribution in [0.15, 0.2) is 78.0 Å². The average Bonchev–Trinajstić information content (AvgIpc) is 2.84. The minimum Gasteiger partial charge on any atom is -0.378 e. The van der Waals surface area contributed by atoms with Gasteiger partial charge >= 0.3 is 0 Å². The van der Waals surface area contributed by atoms with Gasteiger partial charge in [0.25, 0.3) is 10.0 Å². The molecule has 0 radical (unpaired) electrons. The summed E-state index contributed by atoms with van der Waals surface area (Å²) in [6, 6.07) is 17.6. The number of sulfonamides is 1. The first-order valence-corrected chi connectivity index (χ1v) is 12.4. The van der Waals surface area contributed by atoms with Gasteiger partial charge in [0.05, 0.1) is 18.1 Å². The van der Waals surface area contributed by atoms with Crippen LogP contribution in [0.3, 0.4) is 0 Å². The van der Waals surface area contributed by atoms with Crippen LogP contribution in [0.2, 0.25) is 0 Å². The van der Waals surface area contributed by atoms with Gasteiger partial charge in [-0.2, -0.15) is 0 Å². The van der Waals surface area contributed by atoms with E-state index in [1.165, 1.54) is 12.1 Å². The Hall–Kier alpha value is -3.23. The zero-order chi connectivity index (χ0) is 23.1. The first kappa shape index (κ1) is 22.9. The van der Waals surface area contributed by atoms with Gasteiger partial charge in [0, 0.05) is 49.7 Å². The fourth-order valence-electron chi connectivity index (χ4n) is 3.71. The number of ketones is 1. The molecule has 33 heavy (non-hydrogen) atoms. The molecule has 3 aromatic rings. The van der Waals surface area contributed by atoms with Crippen LogP contribution in [0.1, 0.15) is 17.5 Å². The number of carbonyl (C=O) groups excluding carboxylic acids is 1. The standard InChI is InChI=1S/C25H27N3O4S/c29-24(10-3-21-2-1-13-26-19-21)18-20-4-11-25(12-5-20)33(30,31)27-22-6-8-23(9-7-22)28-14-16-32-17-15-28/h1-2,4-9,11-13,19,27H,3,10,14-18H2. The van der Waals surface area contributed by atoms with Gasteiger partial charge < -0.3 is 9.64 Å². The molecule has 0 aliphatic carbocycles. The molecule has 1 saturated heterocycles. The number of aryl methyl sites for hydroxylation is 1. The molecule has 1 N–H and O–H groups in total. The smallest absolute Gasteiger partial charge is 0.261 e. The van der Waals surface area contributed by atoms with Crippen molar-refractivity contribution in [2.24, 2.45) is 0 Å². The molecular weight excluding hydrogens is 438 g/mol. The quantitative estimate of drug-likeness (QED) is 0.521. The Morgan fingerprint density at radius 1 is 0.970 bits per heavy atom. The number of morpholine rings is 1. The summed E-state index contributed by atoms with van der Waals surface area (Å²) in [6.45, 7) is 3.04. The van der Waals surface area contributed by atoms with Crippen LogP contribution in [0.4, 0.5) is 11.4 Å². The number of aromatic nitrogens is 1. The van der Waals surface area contributed by atoms with Gasteiger partial charge in [-0.15, -0.1) is 0 Å². The number of pyridine rings is 1. The zero-order valence-corrected chi connectivity index (χ0v) is 19.1. The zero-order valence-electron chi connectivity index (χ0n) is 18.3. The monoisotopic (exact) mass is 465 g/mol. The second kappa shape index (κ2) is 10.6. The van der Waals surface area contributed by atoms with E-state index in [0.29, 0.717) is 31.7 Å². The highest BCUT2D eigenvalue weighted by Crippen LogP contribution is 2.22. The van der Waals surface area contributed by atoms with Crippen molar-refractivity contribution in [2.45, 2.75) is 24.2 Å². The van der Waals surface area contributed by atoms with E-state index in [1.807, 2.05) is 24.3 Å². The maximum atomic E-state index is 12.8. The van der Waals surface area contributed by atoms with E-state index < -0.39 is 10.0 Å². The molecule has 4 rings (SSSR count). The molecule has 172 valence electrons. The van der Waals surface area contributed by atoms with E-state index in [2.05, 4.69) is 14.6 Å². The second-order valence-corrected chi connectivity index (χ2v) is 9.65. The van der Waals surface area contributed by atoms with E-state index in [9.17, 15) is 13.2 Å². The van der Waals surface area contributed by atoms with E-state index in [1.54, 1.807) is 36.7 Å². The molecule has 0 amide bonds. The van der Waals surface area contributed by atoms with E-state index >= 15 is 0 Å². The van der Waals surface area contributed by atoms with Crippen LogP contribution in [0, 0.1) is 0 Å². The summed E-state index contributed by atoms with van der Waals surface area (Å²) < 4.78 is 33.5. The fourth-order valence-corrected chi connectivity index (χ4v) is 4.77. The van der Waals surface area contributed by atoms with Crippen molar-refractivity contribution < 1.29 is 17.9 Å². The molecule has 2 heterocycles. The van der Waals surface area contributed by atoms with Gasteiger partial charge in [0.2, 0.25) is 0 Å². The number of rotatable bonds is 9. The molecule has 1 fully saturated rings. The average molecular weight is 466 g/mol. The highest BCUT2D eigenvalue weighted by atomic mass is 32.2. The maximum absolute atomic E-state index is 12.8. The van der Waals surface area contributed by atoms with Gasteiger partial charge in [0.1, 0.15) is 5.78 Å². The topological polar surface area (TPSA) is 88.6 Å². The minimum absolute atomic E-state index is 0.105. The number of anilines is 2. The summed E-state index contributed by atoms with van der Waals surface area (Å²) in [6.07, 6.45) is 4.81. The van der Waals surface area contributed by atoms with E-state index in [0.717, 1.165) is 29.9 Å². The molecule has 1 aromatic heterocycles. The lowest BCUT2D eigenvalue weighted by atomic mass is 10.0. The summed E-state index contributed by atoms with van der Waals surface area (Å²) in [7, 11) is -3.72. The molecule has 0 unspecified atom stereocenters. The van der Waals surface area contributed by atoms with Crippen LogP contribution in [-0.4, -0.2) is 45.5 Å². The number of nitrogens with zero attached hydrogens (tertiary/aromatic N) is 2. The molecule has 0 atom stereocenters. The minimum atomic E-state index is -3.72. The van der Waals surface area contributed by atoms with Crippen molar-refractivity contribution in [3.63, 3.8) is 0 Å². The molecule has 1 aliphatic rings. The highest BCUT2D eigenvalue weighted by Gasteiger charge is 2.16. The maximum Gasteiger partial charge on any atom is 0.261 e. The Balaban J connectivity index is 1.33. The first-order chi connectivity index (χ1) is 16.0. The molecule has 0 spiro atoms. The molecule has 7 nitrogen and oxygen atoms in total. The number of Topliss-reactive ketones (excluding diaryl/α,β-unsaturated/α-hetero) is 1. The Labute approximate surface area is 194 Å². The summed E-state index contributed by atoms with van der Waals surface area (Å²) in [5.74, 6) is 0.105. The van der Waals surface area contributed by atoms with E-state index in [-0.39, 0.29) is 17.1 Å². The summed E-state index contributed by atoms with van der Waals surface area (Å²) in [4.78, 5) is 18.7. The van der Waals surface area contributed by atoms with Gasteiger partial charge in [-0.25, -0.2) is 8.42 Å². The van der Waals surface area contributed by atoms with Gasteiger partial charge in [-0.1, -0.05) is 18.2 Å². The van der Waals surface area contributed by atoms with Gasteiger partial charge in [-0.05, 0) is 60.0 Å². The summed E-state index contributed by atoms with van der Waals surface area (Å²) >= 11 is 0. The number of carbonyl (C=O) groups is 1. The number of ether oxygens (including phenoxy) is 1. The lowest BCUT2D eigenvalue weighted by Crippen LogP contribution is -2.36. The van der Waals surface area contributed by atoms with Crippen LogP contribution >= 0.6 is 0 Å². The normalized spacial score (nSPS) is 14.1. The number of nitrogens with one attached hydrogen (secondary N) is 1. The molecular formula is C25H27N3O4S. The van der Waals surface area contributed by atoms with Crippen molar-refractivity contribution in [3.05, 3.63) is 84.2 Å². The molecule has 8 heteroatoms. The Bertz CT molecular complexity index is 1160.